The lowest BCUT2D eigenvalue weighted by Crippen LogP contribution is -2.23. The van der Waals surface area contributed by atoms with Crippen LogP contribution in [-0.4, -0.2) is 31.8 Å². The number of hydrogen-bond donors (Lipinski definition) is 1. The molecule has 0 spiro atoms. The van der Waals surface area contributed by atoms with Crippen LogP contribution in [-0.2, 0) is 11.2 Å². The van der Waals surface area contributed by atoms with Crippen LogP contribution in [0.3, 0.4) is 0 Å². The summed E-state index contributed by atoms with van der Waals surface area (Å²) in [7, 11) is 2.09. The summed E-state index contributed by atoms with van der Waals surface area (Å²) in [6.45, 7) is 2.64. The average Bonchev–Trinajstić information content (AvgIpc) is 3.11. The van der Waals surface area contributed by atoms with Gasteiger partial charge in [-0.1, -0.05) is 0 Å². The van der Waals surface area contributed by atoms with Crippen LogP contribution in [0, 0.1) is 5.92 Å². The molecule has 2 aliphatic carbocycles. The first-order valence-electron chi connectivity index (χ1n) is 7.28. The van der Waals surface area contributed by atoms with Gasteiger partial charge in [-0.05, 0) is 38.0 Å². The second-order valence-electron chi connectivity index (χ2n) is 5.74. The van der Waals surface area contributed by atoms with Crippen LogP contribution in [0.1, 0.15) is 42.3 Å². The second-order valence-corrected chi connectivity index (χ2v) is 6.81. The third-order valence-corrected chi connectivity index (χ3v) is 5.18. The maximum Gasteiger partial charge on any atom is 0.185 e. The molecule has 3 rings (SSSR count). The Morgan fingerprint density at radius 3 is 3.00 bits per heavy atom. The van der Waals surface area contributed by atoms with E-state index in [4.69, 9.17) is 15.5 Å². The number of nitrogens with zero attached hydrogens (tertiary/aromatic N) is 2. The van der Waals surface area contributed by atoms with Gasteiger partial charge in [0.15, 0.2) is 5.13 Å². The van der Waals surface area contributed by atoms with Crippen molar-refractivity contribution in [2.75, 3.05) is 31.7 Å². The van der Waals surface area contributed by atoms with Crippen molar-refractivity contribution in [2.24, 2.45) is 11.7 Å². The summed E-state index contributed by atoms with van der Waals surface area (Å²) in [5.41, 5.74) is 7.26. The van der Waals surface area contributed by atoms with Crippen LogP contribution in [0.25, 0.3) is 0 Å². The van der Waals surface area contributed by atoms with E-state index in [9.17, 15) is 0 Å². The fourth-order valence-electron chi connectivity index (χ4n) is 2.43. The van der Waals surface area contributed by atoms with Crippen molar-refractivity contribution in [3.05, 3.63) is 10.6 Å². The van der Waals surface area contributed by atoms with Crippen LogP contribution in [0.4, 0.5) is 5.13 Å². The summed E-state index contributed by atoms with van der Waals surface area (Å²) in [6, 6.07) is 0.147. The lowest BCUT2D eigenvalue weighted by atomic mass is 9.99. The van der Waals surface area contributed by atoms with Gasteiger partial charge in [0, 0.05) is 31.1 Å². The van der Waals surface area contributed by atoms with Crippen molar-refractivity contribution >= 4 is 16.5 Å². The number of fused-ring (bicyclic) bond motifs is 1. The topological polar surface area (TPSA) is 51.4 Å². The van der Waals surface area contributed by atoms with Gasteiger partial charge >= 0.3 is 0 Å². The number of hydrogen-bond acceptors (Lipinski definition) is 5. The van der Waals surface area contributed by atoms with E-state index < -0.39 is 0 Å². The van der Waals surface area contributed by atoms with E-state index in [0.29, 0.717) is 0 Å². The van der Waals surface area contributed by atoms with E-state index in [1.54, 1.807) is 11.3 Å². The Morgan fingerprint density at radius 2 is 2.26 bits per heavy atom. The summed E-state index contributed by atoms with van der Waals surface area (Å²) < 4.78 is 5.68. The molecular formula is C14H23N3OS. The third kappa shape index (κ3) is 3.27. The molecule has 1 aromatic rings. The zero-order valence-electron chi connectivity index (χ0n) is 11.6. The maximum atomic E-state index is 6.12. The summed E-state index contributed by atoms with van der Waals surface area (Å²) in [5, 5.41) is 1.09. The predicted molar refractivity (Wildman–Crippen MR) is 78.8 cm³/mol. The zero-order valence-corrected chi connectivity index (χ0v) is 12.4. The van der Waals surface area contributed by atoms with Crippen molar-refractivity contribution in [1.29, 1.82) is 0 Å². The van der Waals surface area contributed by atoms with Gasteiger partial charge in [0.05, 0.1) is 12.3 Å². The van der Waals surface area contributed by atoms with Crippen LogP contribution < -0.4 is 10.6 Å². The molecule has 0 bridgehead atoms. The van der Waals surface area contributed by atoms with Gasteiger partial charge in [-0.25, -0.2) is 4.98 Å². The molecule has 5 heteroatoms. The quantitative estimate of drug-likeness (QED) is 0.813. The monoisotopic (exact) mass is 281 g/mol. The van der Waals surface area contributed by atoms with Crippen molar-refractivity contribution in [3.63, 3.8) is 0 Å². The number of aryl methyl sites for hydroxylation is 1. The standard InChI is InChI=1S/C14H23N3OS/c1-17(7-8-18-9-10-5-6-10)14-16-13-11(15)3-2-4-12(13)19-14/h10-11H,2-9,15H2,1H3. The van der Waals surface area contributed by atoms with E-state index in [-0.39, 0.29) is 6.04 Å². The lowest BCUT2D eigenvalue weighted by Gasteiger charge is -2.16. The van der Waals surface area contributed by atoms with Gasteiger partial charge in [0.1, 0.15) is 0 Å². The highest BCUT2D eigenvalue weighted by molar-refractivity contribution is 7.15. The average molecular weight is 281 g/mol. The molecule has 0 radical (unpaired) electrons. The first-order valence-corrected chi connectivity index (χ1v) is 8.09. The third-order valence-electron chi connectivity index (χ3n) is 3.93. The molecular weight excluding hydrogens is 258 g/mol. The van der Waals surface area contributed by atoms with Gasteiger partial charge in [0.2, 0.25) is 0 Å². The number of rotatable bonds is 6. The molecule has 4 nitrogen and oxygen atoms in total. The molecule has 2 aliphatic rings. The summed E-state index contributed by atoms with van der Waals surface area (Å²) in [4.78, 5) is 8.31. The molecule has 0 aromatic carbocycles. The normalized spacial score (nSPS) is 22.3. The number of thiazole rings is 1. The van der Waals surface area contributed by atoms with Gasteiger partial charge in [-0.2, -0.15) is 0 Å². The molecule has 0 saturated heterocycles. The molecule has 1 heterocycles. The number of ether oxygens (including phenoxy) is 1. The van der Waals surface area contributed by atoms with E-state index in [1.165, 1.54) is 24.1 Å². The predicted octanol–water partition coefficient (Wildman–Crippen LogP) is 2.34. The molecule has 1 aromatic heterocycles. The highest BCUT2D eigenvalue weighted by Crippen LogP contribution is 2.35. The Labute approximate surface area is 119 Å². The van der Waals surface area contributed by atoms with Crippen LogP contribution >= 0.6 is 11.3 Å². The maximum absolute atomic E-state index is 6.12. The van der Waals surface area contributed by atoms with Crippen molar-refractivity contribution in [2.45, 2.75) is 38.1 Å². The summed E-state index contributed by atoms with van der Waals surface area (Å²) in [6.07, 6.45) is 6.13. The zero-order chi connectivity index (χ0) is 13.2. The summed E-state index contributed by atoms with van der Waals surface area (Å²) >= 11 is 1.80. The molecule has 1 saturated carbocycles. The smallest absolute Gasteiger partial charge is 0.185 e. The number of nitrogens with two attached hydrogens (primary N) is 1. The van der Waals surface area contributed by atoms with Crippen molar-refractivity contribution in [3.8, 4) is 0 Å². The Balaban J connectivity index is 1.52. The minimum absolute atomic E-state index is 0.147. The molecule has 2 N–H and O–H groups in total. The van der Waals surface area contributed by atoms with Gasteiger partial charge < -0.3 is 15.4 Å². The fraction of sp³-hybridized carbons (Fsp3) is 0.786. The molecule has 19 heavy (non-hydrogen) atoms. The lowest BCUT2D eigenvalue weighted by molar-refractivity contribution is 0.131. The molecule has 1 fully saturated rings. The van der Waals surface area contributed by atoms with Gasteiger partial charge in [-0.15, -0.1) is 11.3 Å². The van der Waals surface area contributed by atoms with Crippen molar-refractivity contribution in [1.82, 2.24) is 4.98 Å². The Kier molecular flexibility index (Phi) is 4.05. The first-order chi connectivity index (χ1) is 9.24. The SMILES string of the molecule is CN(CCOCC1CC1)c1nc2c(s1)CCCC2N. The molecule has 0 amide bonds. The first kappa shape index (κ1) is 13.3. The molecule has 1 unspecified atom stereocenters. The van der Waals surface area contributed by atoms with E-state index in [0.717, 1.165) is 49.3 Å². The number of aromatic nitrogens is 1. The molecule has 0 aliphatic heterocycles. The Hall–Kier alpha value is -0.650. The fourth-order valence-corrected chi connectivity index (χ4v) is 3.59. The van der Waals surface area contributed by atoms with E-state index in [1.807, 2.05) is 0 Å². The minimum Gasteiger partial charge on any atom is -0.379 e. The number of anilines is 1. The minimum atomic E-state index is 0.147. The Bertz CT molecular complexity index is 430. The summed E-state index contributed by atoms with van der Waals surface area (Å²) in [5.74, 6) is 0.843. The van der Waals surface area contributed by atoms with E-state index >= 15 is 0 Å². The second kappa shape index (κ2) is 5.77. The van der Waals surface area contributed by atoms with Gasteiger partial charge in [-0.3, -0.25) is 0 Å². The van der Waals surface area contributed by atoms with Gasteiger partial charge in [0.25, 0.3) is 0 Å². The Morgan fingerprint density at radius 1 is 1.42 bits per heavy atom. The van der Waals surface area contributed by atoms with Crippen LogP contribution in [0.2, 0.25) is 0 Å². The number of likely N-dealkylation sites (N-methyl/N-ethyl adjacent to an activating group) is 1. The van der Waals surface area contributed by atoms with Crippen LogP contribution in [0.5, 0.6) is 0 Å². The largest absolute Gasteiger partial charge is 0.379 e. The molecule has 1 atom stereocenters. The van der Waals surface area contributed by atoms with Crippen LogP contribution in [0.15, 0.2) is 0 Å². The molecule has 106 valence electrons. The highest BCUT2D eigenvalue weighted by atomic mass is 32.1. The van der Waals surface area contributed by atoms with E-state index in [2.05, 4.69) is 11.9 Å². The highest BCUT2D eigenvalue weighted by Gasteiger charge is 2.23. The van der Waals surface area contributed by atoms with Crippen molar-refractivity contribution < 1.29 is 4.74 Å².